The van der Waals surface area contributed by atoms with E-state index in [1.54, 1.807) is 11.1 Å². The molecule has 0 atom stereocenters. The van der Waals surface area contributed by atoms with Crippen molar-refractivity contribution in [2.24, 2.45) is 5.73 Å². The van der Waals surface area contributed by atoms with Gasteiger partial charge in [-0.2, -0.15) is 0 Å². The number of hydrogen-bond acceptors (Lipinski definition) is 5. The normalized spacial score (nSPS) is 19.0. The van der Waals surface area contributed by atoms with Crippen molar-refractivity contribution >= 4 is 11.8 Å². The molecule has 7 heteroatoms. The molecular formula is C20H30N4O3. The van der Waals surface area contributed by atoms with Crippen molar-refractivity contribution in [3.8, 4) is 0 Å². The molecule has 2 aliphatic rings. The lowest BCUT2D eigenvalue weighted by atomic mass is 9.81. The third kappa shape index (κ3) is 4.47. The zero-order valence-corrected chi connectivity index (χ0v) is 16.2. The molecule has 0 aromatic carbocycles. The maximum Gasteiger partial charge on any atom is 0.287 e. The summed E-state index contributed by atoms with van der Waals surface area (Å²) in [5, 5.41) is 3.82. The van der Waals surface area contributed by atoms with Gasteiger partial charge in [0, 0.05) is 31.4 Å². The standard InChI is InChI=1S/C20H30N4O3/c1-2-10-24(23-11-13-27-14-12-23)20(26)18-17(15-6-4-3-5-7-15)16(19(21)25)8-9-22-18/h8-9,15H,2-7,10-14H2,1H3,(H2,21,25). The minimum Gasteiger partial charge on any atom is -0.379 e. The van der Waals surface area contributed by atoms with Crippen LogP contribution in [0.4, 0.5) is 0 Å². The van der Waals surface area contributed by atoms with Gasteiger partial charge in [0.15, 0.2) is 0 Å². The first-order valence-electron chi connectivity index (χ1n) is 10.1. The van der Waals surface area contributed by atoms with E-state index >= 15 is 0 Å². The quantitative estimate of drug-likeness (QED) is 0.825. The molecule has 1 aromatic rings. The number of ether oxygens (including phenoxy) is 1. The van der Waals surface area contributed by atoms with E-state index in [4.69, 9.17) is 10.5 Å². The van der Waals surface area contributed by atoms with E-state index in [1.165, 1.54) is 12.6 Å². The molecule has 0 bridgehead atoms. The first kappa shape index (κ1) is 19.8. The molecule has 1 saturated heterocycles. The minimum atomic E-state index is -0.486. The number of rotatable bonds is 6. The second kappa shape index (κ2) is 9.28. The molecule has 2 N–H and O–H groups in total. The van der Waals surface area contributed by atoms with Crippen molar-refractivity contribution in [3.05, 3.63) is 29.1 Å². The fourth-order valence-corrected chi connectivity index (χ4v) is 4.16. The number of nitrogens with two attached hydrogens (primary N) is 1. The van der Waals surface area contributed by atoms with Crippen LogP contribution in [0, 0.1) is 0 Å². The summed E-state index contributed by atoms with van der Waals surface area (Å²) in [5.74, 6) is -0.454. The largest absolute Gasteiger partial charge is 0.379 e. The Morgan fingerprint density at radius 3 is 2.59 bits per heavy atom. The van der Waals surface area contributed by atoms with Crippen LogP contribution in [0.2, 0.25) is 0 Å². The molecule has 0 unspecified atom stereocenters. The van der Waals surface area contributed by atoms with Crippen molar-refractivity contribution in [1.29, 1.82) is 0 Å². The Morgan fingerprint density at radius 2 is 1.96 bits per heavy atom. The van der Waals surface area contributed by atoms with Gasteiger partial charge in [0.05, 0.1) is 13.2 Å². The molecular weight excluding hydrogens is 344 g/mol. The van der Waals surface area contributed by atoms with Gasteiger partial charge >= 0.3 is 0 Å². The lowest BCUT2D eigenvalue weighted by Crippen LogP contribution is -2.52. The zero-order valence-electron chi connectivity index (χ0n) is 16.2. The van der Waals surface area contributed by atoms with E-state index in [1.807, 2.05) is 5.01 Å². The van der Waals surface area contributed by atoms with E-state index in [0.29, 0.717) is 44.1 Å². The van der Waals surface area contributed by atoms with Gasteiger partial charge in [0.25, 0.3) is 5.91 Å². The van der Waals surface area contributed by atoms with Crippen molar-refractivity contribution in [2.75, 3.05) is 32.8 Å². The fraction of sp³-hybridized carbons (Fsp3) is 0.650. The van der Waals surface area contributed by atoms with Gasteiger partial charge in [-0.1, -0.05) is 26.2 Å². The summed E-state index contributed by atoms with van der Waals surface area (Å²) in [7, 11) is 0. The molecule has 1 saturated carbocycles. The highest BCUT2D eigenvalue weighted by Crippen LogP contribution is 2.36. The number of hydrazine groups is 1. The van der Waals surface area contributed by atoms with Gasteiger partial charge in [-0.15, -0.1) is 0 Å². The summed E-state index contributed by atoms with van der Waals surface area (Å²) < 4.78 is 5.43. The third-order valence-corrected chi connectivity index (χ3v) is 5.47. The van der Waals surface area contributed by atoms with Crippen LogP contribution in [0.1, 0.15) is 77.8 Å². The van der Waals surface area contributed by atoms with Crippen LogP contribution < -0.4 is 5.73 Å². The first-order chi connectivity index (χ1) is 13.1. The summed E-state index contributed by atoms with van der Waals surface area (Å²) in [6.07, 6.45) is 7.72. The molecule has 2 fully saturated rings. The van der Waals surface area contributed by atoms with Gasteiger partial charge in [0.2, 0.25) is 5.91 Å². The predicted molar refractivity (Wildman–Crippen MR) is 102 cm³/mol. The van der Waals surface area contributed by atoms with Crippen molar-refractivity contribution in [1.82, 2.24) is 15.0 Å². The Hall–Kier alpha value is -1.99. The third-order valence-electron chi connectivity index (χ3n) is 5.47. The number of nitrogens with zero attached hydrogens (tertiary/aromatic N) is 3. The second-order valence-corrected chi connectivity index (χ2v) is 7.31. The van der Waals surface area contributed by atoms with E-state index in [0.717, 1.165) is 37.7 Å². The molecule has 148 valence electrons. The maximum absolute atomic E-state index is 13.5. The molecule has 27 heavy (non-hydrogen) atoms. The van der Waals surface area contributed by atoms with Crippen LogP contribution in [0.3, 0.4) is 0 Å². The van der Waals surface area contributed by atoms with Crippen molar-refractivity contribution < 1.29 is 14.3 Å². The van der Waals surface area contributed by atoms with Crippen LogP contribution in [0.5, 0.6) is 0 Å². The molecule has 1 aliphatic carbocycles. The SMILES string of the molecule is CCCN(C(=O)c1nccc(C(N)=O)c1C1CCCCC1)N1CCOCC1. The lowest BCUT2D eigenvalue weighted by Gasteiger charge is -2.37. The average Bonchev–Trinajstić information content (AvgIpc) is 2.72. The Balaban J connectivity index is 1.98. The van der Waals surface area contributed by atoms with Crippen LogP contribution in [-0.2, 0) is 4.74 Å². The molecule has 1 aliphatic heterocycles. The number of morpholine rings is 1. The molecule has 7 nitrogen and oxygen atoms in total. The van der Waals surface area contributed by atoms with Crippen LogP contribution in [0.25, 0.3) is 0 Å². The number of carbonyl (C=O) groups excluding carboxylic acids is 2. The minimum absolute atomic E-state index is 0.137. The summed E-state index contributed by atoms with van der Waals surface area (Å²) in [4.78, 5) is 30.0. The van der Waals surface area contributed by atoms with Crippen LogP contribution in [0.15, 0.2) is 12.3 Å². The fourth-order valence-electron chi connectivity index (χ4n) is 4.16. The average molecular weight is 374 g/mol. The maximum atomic E-state index is 13.5. The lowest BCUT2D eigenvalue weighted by molar-refractivity contribution is -0.0700. The zero-order chi connectivity index (χ0) is 19.2. The Bertz CT molecular complexity index is 667. The number of primary amides is 1. The van der Waals surface area contributed by atoms with E-state index in [2.05, 4.69) is 11.9 Å². The molecule has 2 heterocycles. The van der Waals surface area contributed by atoms with Gasteiger partial charge < -0.3 is 10.5 Å². The van der Waals surface area contributed by atoms with Gasteiger partial charge in [-0.3, -0.25) is 19.6 Å². The predicted octanol–water partition coefficient (Wildman–Crippen LogP) is 2.33. The highest BCUT2D eigenvalue weighted by atomic mass is 16.5. The van der Waals surface area contributed by atoms with Crippen LogP contribution in [-0.4, -0.2) is 59.7 Å². The summed E-state index contributed by atoms with van der Waals surface area (Å²) in [6, 6.07) is 1.65. The molecule has 1 aromatic heterocycles. The van der Waals surface area contributed by atoms with E-state index in [-0.39, 0.29) is 11.8 Å². The smallest absolute Gasteiger partial charge is 0.287 e. The molecule has 3 rings (SSSR count). The Kier molecular flexibility index (Phi) is 6.79. The summed E-state index contributed by atoms with van der Waals surface area (Å²) in [6.45, 7) is 5.25. The summed E-state index contributed by atoms with van der Waals surface area (Å²) in [5.41, 5.74) is 7.23. The molecule has 0 radical (unpaired) electrons. The highest BCUT2D eigenvalue weighted by Gasteiger charge is 2.31. The van der Waals surface area contributed by atoms with Gasteiger partial charge in [-0.25, -0.2) is 5.01 Å². The summed E-state index contributed by atoms with van der Waals surface area (Å²) >= 11 is 0. The number of hydrogen-bond donors (Lipinski definition) is 1. The monoisotopic (exact) mass is 374 g/mol. The molecule has 2 amide bonds. The Labute approximate surface area is 160 Å². The first-order valence-corrected chi connectivity index (χ1v) is 10.1. The van der Waals surface area contributed by atoms with Crippen molar-refractivity contribution in [2.45, 2.75) is 51.4 Å². The Morgan fingerprint density at radius 1 is 1.26 bits per heavy atom. The van der Waals surface area contributed by atoms with E-state index in [9.17, 15) is 9.59 Å². The van der Waals surface area contributed by atoms with Crippen molar-refractivity contribution in [3.63, 3.8) is 0 Å². The molecule has 0 spiro atoms. The van der Waals surface area contributed by atoms with Crippen LogP contribution >= 0.6 is 0 Å². The van der Waals surface area contributed by atoms with Gasteiger partial charge in [0.1, 0.15) is 5.69 Å². The number of aromatic nitrogens is 1. The number of amides is 2. The van der Waals surface area contributed by atoms with E-state index < -0.39 is 5.91 Å². The topological polar surface area (TPSA) is 88.8 Å². The van der Waals surface area contributed by atoms with Gasteiger partial charge in [-0.05, 0) is 36.8 Å². The number of pyridine rings is 1. The second-order valence-electron chi connectivity index (χ2n) is 7.31. The number of carbonyl (C=O) groups is 2. The highest BCUT2D eigenvalue weighted by molar-refractivity contribution is 6.00.